The van der Waals surface area contributed by atoms with Crippen molar-refractivity contribution >= 4 is 39.5 Å². The van der Waals surface area contributed by atoms with E-state index >= 15 is 0 Å². The smallest absolute Gasteiger partial charge is 0.462 e. The Kier molecular flexibility index (Phi) is 51.1. The molecule has 0 aliphatic carbocycles. The normalized spacial score (nSPS) is 14.5. The van der Waals surface area contributed by atoms with Gasteiger partial charge in [-0.15, -0.1) is 0 Å². The molecule has 3 N–H and O–H groups in total. The zero-order valence-electron chi connectivity index (χ0n) is 52.4. The quantitative estimate of drug-likeness (QED) is 0.0222. The lowest BCUT2D eigenvalue weighted by molar-refractivity contribution is -0.161. The lowest BCUT2D eigenvalue weighted by Crippen LogP contribution is -2.30. The van der Waals surface area contributed by atoms with E-state index in [0.717, 1.165) is 102 Å². The van der Waals surface area contributed by atoms with Crippen LogP contribution < -0.4 is 0 Å². The van der Waals surface area contributed by atoms with E-state index in [2.05, 4.69) is 55.4 Å². The third-order valence-electron chi connectivity index (χ3n) is 14.1. The summed E-state index contributed by atoms with van der Waals surface area (Å²) in [5.74, 6) is 0.677. The van der Waals surface area contributed by atoms with E-state index in [9.17, 15) is 43.2 Å². The molecule has 0 fully saturated rings. The molecule has 0 aromatic carbocycles. The molecule has 81 heavy (non-hydrogen) atoms. The van der Waals surface area contributed by atoms with E-state index in [1.807, 2.05) is 0 Å². The number of aliphatic hydroxyl groups excluding tert-OH is 1. The number of unbranched alkanes of at least 4 members (excludes halogenated alkanes) is 25. The largest absolute Gasteiger partial charge is 0.472 e. The van der Waals surface area contributed by atoms with Gasteiger partial charge in [0.2, 0.25) is 0 Å². The molecule has 480 valence electrons. The Morgan fingerprint density at radius 3 is 0.765 bits per heavy atom. The molecule has 0 saturated carbocycles. The lowest BCUT2D eigenvalue weighted by Gasteiger charge is -2.21. The maximum atomic E-state index is 12.9. The van der Waals surface area contributed by atoms with Gasteiger partial charge in [-0.05, 0) is 49.4 Å². The first-order valence-electron chi connectivity index (χ1n) is 32.2. The van der Waals surface area contributed by atoms with Crippen molar-refractivity contribution in [2.45, 2.75) is 311 Å². The van der Waals surface area contributed by atoms with Crippen molar-refractivity contribution in [3.05, 3.63) is 0 Å². The number of rotatable bonds is 59. The van der Waals surface area contributed by atoms with Crippen LogP contribution in [0.4, 0.5) is 0 Å². The van der Waals surface area contributed by atoms with Crippen LogP contribution >= 0.6 is 15.6 Å². The van der Waals surface area contributed by atoms with Gasteiger partial charge in [-0.3, -0.25) is 37.3 Å². The highest BCUT2D eigenvalue weighted by atomic mass is 31.2. The van der Waals surface area contributed by atoms with Crippen LogP contribution in [0.2, 0.25) is 0 Å². The highest BCUT2D eigenvalue weighted by molar-refractivity contribution is 7.47. The summed E-state index contributed by atoms with van der Waals surface area (Å²) in [4.78, 5) is 72.1. The molecule has 0 heterocycles. The molecular formula is C62H120O17P2. The number of phosphoric ester groups is 2. The Bertz CT molecular complexity index is 1630. The first kappa shape index (κ1) is 79.1. The van der Waals surface area contributed by atoms with E-state index < -0.39 is 97.5 Å². The first-order valence-corrected chi connectivity index (χ1v) is 35.2. The summed E-state index contributed by atoms with van der Waals surface area (Å²) in [6.45, 7) is 13.9. The molecule has 0 amide bonds. The van der Waals surface area contributed by atoms with Crippen LogP contribution in [0.15, 0.2) is 0 Å². The van der Waals surface area contributed by atoms with Crippen molar-refractivity contribution in [1.29, 1.82) is 0 Å². The van der Waals surface area contributed by atoms with Gasteiger partial charge in [-0.25, -0.2) is 9.13 Å². The van der Waals surface area contributed by atoms with Crippen molar-refractivity contribution in [3.8, 4) is 0 Å². The molecule has 0 rings (SSSR count). The van der Waals surface area contributed by atoms with Crippen LogP contribution in [0.5, 0.6) is 0 Å². The minimum Gasteiger partial charge on any atom is -0.462 e. The summed E-state index contributed by atoms with van der Waals surface area (Å²) >= 11 is 0. The molecule has 0 aliphatic rings. The van der Waals surface area contributed by atoms with Crippen LogP contribution in [0.25, 0.3) is 0 Å². The summed E-state index contributed by atoms with van der Waals surface area (Å²) in [7, 11) is -9.88. The topological polar surface area (TPSA) is 237 Å². The van der Waals surface area contributed by atoms with E-state index in [1.54, 1.807) is 0 Å². The number of esters is 4. The number of phosphoric acid groups is 2. The fourth-order valence-electron chi connectivity index (χ4n) is 9.08. The number of aliphatic hydroxyl groups is 1. The standard InChI is InChI=1S/C62H120O17P2/c1-52(2)38-30-22-14-9-10-18-26-34-42-59(64)72-48-57(78-61(66)44-36-28-20-12-16-24-32-40-54(5)6)50-76-80(68,69)74-46-56(63)47-75-81(70,71)77-51-58(79-62(67)45-37-29-21-13-17-25-33-41-55(7)8)49-73-60(65)43-35-27-19-11-15-23-31-39-53(3)4/h52-58,63H,9-51H2,1-8H3,(H,68,69)(H,70,71)/t56?,57-,58-/m1/s1. The van der Waals surface area contributed by atoms with Crippen molar-refractivity contribution < 1.29 is 80.2 Å². The molecule has 19 heteroatoms. The monoisotopic (exact) mass is 1200 g/mol. The Balaban J connectivity index is 5.25. The van der Waals surface area contributed by atoms with E-state index in [0.29, 0.717) is 43.4 Å². The Labute approximate surface area is 492 Å². The van der Waals surface area contributed by atoms with Crippen LogP contribution in [-0.4, -0.2) is 96.7 Å². The third kappa shape index (κ3) is 56.9. The van der Waals surface area contributed by atoms with Crippen molar-refractivity contribution in [1.82, 2.24) is 0 Å². The predicted molar refractivity (Wildman–Crippen MR) is 321 cm³/mol. The zero-order chi connectivity index (χ0) is 60.4. The van der Waals surface area contributed by atoms with Gasteiger partial charge in [0.15, 0.2) is 12.2 Å². The van der Waals surface area contributed by atoms with E-state index in [-0.39, 0.29) is 25.7 Å². The Morgan fingerprint density at radius 1 is 0.309 bits per heavy atom. The second-order valence-corrected chi connectivity index (χ2v) is 27.3. The Hall–Kier alpha value is -1.94. The number of carbonyl (C=O) groups is 4. The molecular weight excluding hydrogens is 1080 g/mol. The average molecular weight is 1200 g/mol. The molecule has 5 atom stereocenters. The van der Waals surface area contributed by atoms with Gasteiger partial charge in [0.25, 0.3) is 0 Å². The third-order valence-corrected chi connectivity index (χ3v) is 16.0. The summed E-state index contributed by atoms with van der Waals surface area (Å²) in [6.07, 6.45) is 31.0. The van der Waals surface area contributed by atoms with Gasteiger partial charge < -0.3 is 33.8 Å². The molecule has 0 aromatic rings. The van der Waals surface area contributed by atoms with Gasteiger partial charge >= 0.3 is 39.5 Å². The maximum absolute atomic E-state index is 12.9. The maximum Gasteiger partial charge on any atom is 0.472 e. The highest BCUT2D eigenvalue weighted by Crippen LogP contribution is 2.45. The van der Waals surface area contributed by atoms with Crippen LogP contribution in [0.1, 0.15) is 293 Å². The lowest BCUT2D eigenvalue weighted by atomic mass is 10.0. The average Bonchev–Trinajstić information content (AvgIpc) is 3.39. The van der Waals surface area contributed by atoms with Gasteiger partial charge in [-0.2, -0.15) is 0 Å². The predicted octanol–water partition coefficient (Wildman–Crippen LogP) is 16.6. The second kappa shape index (κ2) is 52.4. The molecule has 17 nitrogen and oxygen atoms in total. The minimum atomic E-state index is -4.94. The minimum absolute atomic E-state index is 0.102. The first-order chi connectivity index (χ1) is 38.6. The number of hydrogen-bond acceptors (Lipinski definition) is 15. The highest BCUT2D eigenvalue weighted by Gasteiger charge is 2.30. The van der Waals surface area contributed by atoms with E-state index in [4.69, 9.17) is 37.0 Å². The summed E-state index contributed by atoms with van der Waals surface area (Å²) in [5.41, 5.74) is 0. The molecule has 3 unspecified atom stereocenters. The van der Waals surface area contributed by atoms with Crippen LogP contribution in [-0.2, 0) is 65.4 Å². The number of ether oxygens (including phenoxy) is 4. The summed E-state index contributed by atoms with van der Waals surface area (Å²) < 4.78 is 67.9. The Morgan fingerprint density at radius 2 is 0.519 bits per heavy atom. The van der Waals surface area contributed by atoms with Gasteiger partial charge in [0.05, 0.1) is 26.4 Å². The van der Waals surface area contributed by atoms with Gasteiger partial charge in [-0.1, -0.05) is 242 Å². The van der Waals surface area contributed by atoms with Gasteiger partial charge in [0.1, 0.15) is 19.3 Å². The van der Waals surface area contributed by atoms with Crippen molar-refractivity contribution in [2.75, 3.05) is 39.6 Å². The SMILES string of the molecule is CC(C)CCCCCCCCCCC(=O)OC[C@H](COP(=O)(O)OCC(O)COP(=O)(O)OC[C@@H](COC(=O)CCCCCCCCCC(C)C)OC(=O)CCCCCCCCCC(C)C)OC(=O)CCCCCCCCCC(C)C. The van der Waals surface area contributed by atoms with E-state index in [1.165, 1.54) is 89.9 Å². The van der Waals surface area contributed by atoms with Crippen LogP contribution in [0, 0.1) is 23.7 Å². The summed E-state index contributed by atoms with van der Waals surface area (Å²) in [6, 6.07) is 0. The fourth-order valence-corrected chi connectivity index (χ4v) is 10.7. The molecule has 0 aromatic heterocycles. The zero-order valence-corrected chi connectivity index (χ0v) is 54.2. The molecule has 0 aliphatic heterocycles. The summed E-state index contributed by atoms with van der Waals surface area (Å²) in [5, 5.41) is 10.5. The number of carbonyl (C=O) groups excluding carboxylic acids is 4. The molecule has 0 radical (unpaired) electrons. The molecule has 0 spiro atoms. The second-order valence-electron chi connectivity index (χ2n) is 24.3. The molecule has 0 saturated heterocycles. The van der Waals surface area contributed by atoms with Crippen molar-refractivity contribution in [3.63, 3.8) is 0 Å². The number of hydrogen-bond donors (Lipinski definition) is 3. The molecule has 0 bridgehead atoms. The van der Waals surface area contributed by atoms with Crippen LogP contribution in [0.3, 0.4) is 0 Å². The van der Waals surface area contributed by atoms with Crippen molar-refractivity contribution in [2.24, 2.45) is 23.7 Å². The fraction of sp³-hybridized carbons (Fsp3) is 0.935. The van der Waals surface area contributed by atoms with Gasteiger partial charge in [0, 0.05) is 25.7 Å².